The number of para-hydroxylation sites is 3. The van der Waals surface area contributed by atoms with Gasteiger partial charge in [-0.3, -0.25) is 9.69 Å². The minimum absolute atomic E-state index is 0.119. The van der Waals surface area contributed by atoms with Crippen LogP contribution in [0.3, 0.4) is 0 Å². The number of carbonyl (C=O) groups excluding carboxylic acids is 1. The highest BCUT2D eigenvalue weighted by Gasteiger charge is 2.29. The Labute approximate surface area is 282 Å². The number of piperazine rings is 2. The van der Waals surface area contributed by atoms with Crippen molar-refractivity contribution in [3.05, 3.63) is 126 Å². The minimum atomic E-state index is -0.119. The third-order valence-corrected chi connectivity index (χ3v) is 10.3. The number of anilines is 3. The fraction of sp³-hybridized carbons (Fsp3) is 0.289. The monoisotopic (exact) mass is 651 g/mol. The zero-order chi connectivity index (χ0) is 31.6. The summed E-state index contributed by atoms with van der Waals surface area (Å²) in [6.45, 7) is 10.2. The lowest BCUT2D eigenvalue weighted by atomic mass is 10.2. The van der Waals surface area contributed by atoms with E-state index < -0.39 is 0 Å². The maximum atomic E-state index is 13.5. The number of fused-ring (bicyclic) bond motifs is 1. The summed E-state index contributed by atoms with van der Waals surface area (Å²) in [4.78, 5) is 24.6. The lowest BCUT2D eigenvalue weighted by molar-refractivity contribution is -0.114. The van der Waals surface area contributed by atoms with Gasteiger partial charge in [0.25, 0.3) is 5.91 Å². The van der Waals surface area contributed by atoms with Crippen LogP contribution in [0.5, 0.6) is 0 Å². The summed E-state index contributed by atoms with van der Waals surface area (Å²) in [7, 11) is 0. The summed E-state index contributed by atoms with van der Waals surface area (Å²) in [6, 6.07) is 39.2. The molecule has 3 aliphatic rings. The molecule has 0 saturated carbocycles. The van der Waals surface area contributed by atoms with Crippen molar-refractivity contribution in [1.29, 1.82) is 0 Å². The van der Waals surface area contributed by atoms with Gasteiger partial charge in [0.2, 0.25) is 0 Å². The van der Waals surface area contributed by atoms with E-state index in [0.717, 1.165) is 86.4 Å². The lowest BCUT2D eigenvalue weighted by Gasteiger charge is -2.36. The van der Waals surface area contributed by atoms with Crippen LogP contribution < -0.4 is 20.0 Å². The molecule has 3 aliphatic heterocycles. The lowest BCUT2D eigenvalue weighted by Crippen LogP contribution is -2.47. The summed E-state index contributed by atoms with van der Waals surface area (Å²) in [5.74, 6) is -0.119. The first-order chi connectivity index (χ1) is 22.7. The molecule has 0 unspecified atom stereocenters. The smallest absolute Gasteiger partial charge is 0.270 e. The summed E-state index contributed by atoms with van der Waals surface area (Å²) in [6.07, 6.45) is 0.904. The van der Waals surface area contributed by atoms with E-state index in [0.29, 0.717) is 11.6 Å². The van der Waals surface area contributed by atoms with Gasteiger partial charge in [-0.05, 0) is 54.9 Å². The number of hydrogen-bond donors (Lipinski definition) is 1. The van der Waals surface area contributed by atoms with Crippen LogP contribution in [-0.2, 0) is 4.79 Å². The maximum Gasteiger partial charge on any atom is 0.270 e. The van der Waals surface area contributed by atoms with Crippen LogP contribution in [0.2, 0.25) is 0 Å². The van der Waals surface area contributed by atoms with Crippen molar-refractivity contribution in [3.8, 4) is 0 Å². The molecule has 0 aromatic heterocycles. The molecule has 4 aromatic carbocycles. The molecule has 46 heavy (non-hydrogen) atoms. The molecule has 7 rings (SSSR count). The number of benzene rings is 4. The SMILES string of the molecule is O=C1C(Cl)=C(c2ccccc2)Sc2ccccc2N1CCCN1CCN(c2ccccc2)CC1.c1ccc(N2CCNCC2)cc1. The molecule has 238 valence electrons. The van der Waals surface area contributed by atoms with Crippen molar-refractivity contribution in [2.45, 2.75) is 11.3 Å². The molecule has 1 amide bonds. The van der Waals surface area contributed by atoms with Gasteiger partial charge < -0.3 is 20.0 Å². The second-order valence-corrected chi connectivity index (χ2v) is 13.1. The van der Waals surface area contributed by atoms with Crippen LogP contribution in [0.15, 0.2) is 125 Å². The molecule has 0 radical (unpaired) electrons. The Bertz CT molecular complexity index is 1570. The molecular weight excluding hydrogens is 610 g/mol. The number of nitrogens with one attached hydrogen (secondary N) is 1. The Kier molecular flexibility index (Phi) is 11.3. The molecule has 0 spiro atoms. The van der Waals surface area contributed by atoms with E-state index in [-0.39, 0.29) is 5.91 Å². The van der Waals surface area contributed by atoms with E-state index in [2.05, 4.69) is 86.7 Å². The number of carbonyl (C=O) groups is 1. The number of halogens is 1. The number of amides is 1. The molecule has 4 aromatic rings. The zero-order valence-corrected chi connectivity index (χ0v) is 27.8. The quantitative estimate of drug-likeness (QED) is 0.231. The molecule has 3 heterocycles. The van der Waals surface area contributed by atoms with E-state index in [1.54, 1.807) is 11.8 Å². The predicted octanol–water partition coefficient (Wildman–Crippen LogP) is 7.04. The highest BCUT2D eigenvalue weighted by Crippen LogP contribution is 2.45. The third-order valence-electron chi connectivity index (χ3n) is 8.62. The van der Waals surface area contributed by atoms with Gasteiger partial charge >= 0.3 is 0 Å². The first-order valence-electron chi connectivity index (χ1n) is 16.2. The standard InChI is InChI=1S/C28H28ClN3OS.C10H14N2/c29-26-27(22-10-3-1-4-11-22)34-25-15-8-7-14-24(25)32(28(26)33)17-9-16-30-18-20-31(21-19-30)23-12-5-2-6-13-23;1-2-4-10(5-3-1)12-8-6-11-7-9-12/h1-8,10-15H,9,16-21H2;1-5,11H,6-9H2. The Balaban J connectivity index is 0.000000259. The predicted molar refractivity (Wildman–Crippen MR) is 195 cm³/mol. The van der Waals surface area contributed by atoms with Crippen LogP contribution in [0.4, 0.5) is 17.1 Å². The van der Waals surface area contributed by atoms with Gasteiger partial charge in [0, 0.05) is 80.1 Å². The Hall–Kier alpha value is -3.75. The molecule has 2 saturated heterocycles. The number of rotatable bonds is 7. The molecule has 0 atom stereocenters. The van der Waals surface area contributed by atoms with Gasteiger partial charge in [-0.2, -0.15) is 0 Å². The van der Waals surface area contributed by atoms with Crippen molar-refractivity contribution in [2.24, 2.45) is 0 Å². The van der Waals surface area contributed by atoms with Crippen LogP contribution in [0, 0.1) is 0 Å². The van der Waals surface area contributed by atoms with E-state index in [9.17, 15) is 4.79 Å². The summed E-state index contributed by atoms with van der Waals surface area (Å²) < 4.78 is 0. The van der Waals surface area contributed by atoms with Crippen LogP contribution in [0.25, 0.3) is 4.91 Å². The van der Waals surface area contributed by atoms with Crippen LogP contribution in [-0.4, -0.2) is 76.3 Å². The molecular formula is C38H42ClN5OS. The topological polar surface area (TPSA) is 42.1 Å². The molecule has 6 nitrogen and oxygen atoms in total. The van der Waals surface area contributed by atoms with Crippen molar-refractivity contribution in [2.75, 3.05) is 80.1 Å². The Morgan fingerprint density at radius 2 is 1.17 bits per heavy atom. The van der Waals surface area contributed by atoms with Crippen molar-refractivity contribution in [1.82, 2.24) is 10.2 Å². The Morgan fingerprint density at radius 1 is 0.630 bits per heavy atom. The van der Waals surface area contributed by atoms with Gasteiger partial charge in [0.15, 0.2) is 0 Å². The Morgan fingerprint density at radius 3 is 1.80 bits per heavy atom. The molecule has 0 aliphatic carbocycles. The maximum absolute atomic E-state index is 13.5. The number of nitrogens with zero attached hydrogens (tertiary/aromatic N) is 4. The van der Waals surface area contributed by atoms with E-state index in [1.807, 2.05) is 53.4 Å². The number of thioether (sulfide) groups is 1. The molecule has 8 heteroatoms. The largest absolute Gasteiger partial charge is 0.369 e. The summed E-state index contributed by atoms with van der Waals surface area (Å²) in [5.41, 5.74) is 4.55. The van der Waals surface area contributed by atoms with Gasteiger partial charge in [0.05, 0.1) is 5.69 Å². The van der Waals surface area contributed by atoms with E-state index >= 15 is 0 Å². The number of hydrogen-bond acceptors (Lipinski definition) is 6. The van der Waals surface area contributed by atoms with Gasteiger partial charge in [-0.25, -0.2) is 0 Å². The average Bonchev–Trinajstić information content (AvgIpc) is 3.24. The average molecular weight is 652 g/mol. The van der Waals surface area contributed by atoms with Crippen LogP contribution in [0.1, 0.15) is 12.0 Å². The van der Waals surface area contributed by atoms with Gasteiger partial charge in [-0.1, -0.05) is 102 Å². The second-order valence-electron chi connectivity index (χ2n) is 11.6. The first-order valence-corrected chi connectivity index (χ1v) is 17.4. The van der Waals surface area contributed by atoms with Crippen molar-refractivity contribution in [3.63, 3.8) is 0 Å². The summed E-state index contributed by atoms with van der Waals surface area (Å²) in [5, 5.41) is 3.64. The highest BCUT2D eigenvalue weighted by molar-refractivity contribution is 8.08. The van der Waals surface area contributed by atoms with Crippen molar-refractivity contribution < 1.29 is 4.79 Å². The normalized spacial score (nSPS) is 17.2. The van der Waals surface area contributed by atoms with E-state index in [1.165, 1.54) is 11.4 Å². The first kappa shape index (κ1) is 32.2. The third kappa shape index (κ3) is 8.15. The highest BCUT2D eigenvalue weighted by atomic mass is 35.5. The van der Waals surface area contributed by atoms with Crippen LogP contribution >= 0.6 is 23.4 Å². The molecule has 1 N–H and O–H groups in total. The van der Waals surface area contributed by atoms with Gasteiger partial charge in [-0.15, -0.1) is 0 Å². The van der Waals surface area contributed by atoms with Gasteiger partial charge in [0.1, 0.15) is 5.03 Å². The molecule has 2 fully saturated rings. The zero-order valence-electron chi connectivity index (χ0n) is 26.2. The summed E-state index contributed by atoms with van der Waals surface area (Å²) >= 11 is 8.29. The van der Waals surface area contributed by atoms with Crippen molar-refractivity contribution >= 4 is 51.2 Å². The van der Waals surface area contributed by atoms with E-state index in [4.69, 9.17) is 11.6 Å². The minimum Gasteiger partial charge on any atom is -0.369 e. The second kappa shape index (κ2) is 16.2. The molecule has 0 bridgehead atoms. The fourth-order valence-corrected chi connectivity index (χ4v) is 7.53. The fourth-order valence-electron chi connectivity index (χ4n) is 6.13.